The van der Waals surface area contributed by atoms with Gasteiger partial charge in [-0.15, -0.1) is 6.58 Å². The molecule has 0 aliphatic heterocycles. The standard InChI is InChI=1S/C48H38N2.C7H10.C6H10.C4H8.C3H6.C2H6/c1-5-13-39(14-6-2)49-45(8-4)41(15-7-3)43-31-37(25-28-47(43)49)34-20-22-35(23-21-34)38-26-29-48-44(32-38)42-18-11-12-19-46(42)50(48)40-27-24-33-16-9-10-17-36(33)30-40;1-3-5-7-6-4-2;1-3-5-6-4-2;1-3-4-2;1-3-2;1-2/h5-32H,1,4H2,2-3H3;3-7H,1H2,2H3;3-6H,1-2H3;3-4H,1-2H3;3H,1H2,2H3;1-2H3/b14-6-,15-7-,39-13+;6-4-,7-5-;5-3-,6-4-;4-3-;;. The second kappa shape index (κ2) is 32.6. The third-order valence-corrected chi connectivity index (χ3v) is 11.1. The monoisotopic (exact) mass is 947 g/mol. The number of allylic oxidation sites excluding steroid dienone is 18. The molecule has 0 N–H and O–H groups in total. The van der Waals surface area contributed by atoms with Crippen molar-refractivity contribution in [1.82, 2.24) is 9.13 Å². The summed E-state index contributed by atoms with van der Waals surface area (Å²) in [6.45, 7) is 35.0. The Kier molecular flexibility index (Phi) is 26.3. The smallest absolute Gasteiger partial charge is 0.0541 e. The summed E-state index contributed by atoms with van der Waals surface area (Å²) in [6.07, 6.45) is 37.5. The lowest BCUT2D eigenvalue weighted by Gasteiger charge is -2.11. The van der Waals surface area contributed by atoms with Crippen LogP contribution >= 0.6 is 0 Å². The maximum atomic E-state index is 4.18. The number of para-hydroxylation sites is 1. The number of fused-ring (bicyclic) bond motifs is 5. The molecule has 0 fully saturated rings. The van der Waals surface area contributed by atoms with Crippen molar-refractivity contribution in [2.75, 3.05) is 0 Å². The first kappa shape index (κ1) is 58.1. The molecule has 0 radical (unpaired) electrons. The number of rotatable bonds is 11. The van der Waals surface area contributed by atoms with E-state index in [9.17, 15) is 0 Å². The summed E-state index contributed by atoms with van der Waals surface area (Å²) in [5.41, 5.74) is 12.8. The summed E-state index contributed by atoms with van der Waals surface area (Å²) in [5.74, 6) is 0. The van der Waals surface area contributed by atoms with E-state index in [2.05, 4.69) is 194 Å². The SMILES string of the molecule is C/C=C\C.C/C=C\C=C/C.C=C/C=C(\C=C/C)n1c(C=C)c(/C=C\C)c2cc(-c3ccc(-c4ccc5c(c4)c4ccccc4n5-c4ccc5ccccc5c4)cc3)ccc21.C=C/C=C\C=C/C.C=CC.CC. The van der Waals surface area contributed by atoms with Crippen LogP contribution in [-0.2, 0) is 0 Å². The highest BCUT2D eigenvalue weighted by Crippen LogP contribution is 2.38. The van der Waals surface area contributed by atoms with Gasteiger partial charge in [0.05, 0.1) is 22.2 Å². The minimum atomic E-state index is 1.05. The Morgan fingerprint density at radius 3 is 1.50 bits per heavy atom. The number of aromatic nitrogens is 2. The Hall–Kier alpha value is -8.20. The van der Waals surface area contributed by atoms with Gasteiger partial charge in [-0.05, 0) is 149 Å². The van der Waals surface area contributed by atoms with E-state index < -0.39 is 0 Å². The normalized spacial score (nSPS) is 11.4. The van der Waals surface area contributed by atoms with Gasteiger partial charge < -0.3 is 9.13 Å². The molecule has 0 amide bonds. The first-order chi connectivity index (χ1) is 35.3. The van der Waals surface area contributed by atoms with Crippen LogP contribution in [0, 0.1) is 0 Å². The predicted octanol–water partition coefficient (Wildman–Crippen LogP) is 21.7. The highest BCUT2D eigenvalue weighted by molar-refractivity contribution is 6.11. The molecule has 0 atom stereocenters. The van der Waals surface area contributed by atoms with Crippen LogP contribution in [0.5, 0.6) is 0 Å². The Balaban J connectivity index is 0.000000527. The van der Waals surface area contributed by atoms with Gasteiger partial charge in [0.25, 0.3) is 0 Å². The van der Waals surface area contributed by atoms with Gasteiger partial charge >= 0.3 is 0 Å². The number of hydrogen-bond acceptors (Lipinski definition) is 0. The van der Waals surface area contributed by atoms with Crippen LogP contribution in [0.25, 0.3) is 89.3 Å². The van der Waals surface area contributed by atoms with E-state index in [4.69, 9.17) is 0 Å². The first-order valence-electron chi connectivity index (χ1n) is 25.1. The zero-order chi connectivity index (χ0) is 52.7. The minimum absolute atomic E-state index is 1.05. The molecule has 0 saturated carbocycles. The zero-order valence-corrected chi connectivity index (χ0v) is 44.8. The molecule has 8 rings (SSSR count). The fraction of sp³-hybridized carbons (Fsp3) is 0.143. The molecule has 0 aliphatic carbocycles. The molecule has 6 aromatic carbocycles. The number of benzene rings is 6. The van der Waals surface area contributed by atoms with Crippen molar-refractivity contribution in [1.29, 1.82) is 0 Å². The predicted molar refractivity (Wildman–Crippen MR) is 330 cm³/mol. The molecule has 368 valence electrons. The second-order valence-corrected chi connectivity index (χ2v) is 15.9. The molecule has 8 aromatic rings. The fourth-order valence-electron chi connectivity index (χ4n) is 7.91. The van der Waals surface area contributed by atoms with Crippen molar-refractivity contribution in [3.8, 4) is 27.9 Å². The Labute approximate surface area is 433 Å². The van der Waals surface area contributed by atoms with Gasteiger partial charge in [0.2, 0.25) is 0 Å². The fourth-order valence-corrected chi connectivity index (χ4v) is 7.91. The zero-order valence-electron chi connectivity index (χ0n) is 44.8. The van der Waals surface area contributed by atoms with Crippen molar-refractivity contribution in [3.05, 3.63) is 268 Å². The van der Waals surface area contributed by atoms with Gasteiger partial charge in [-0.25, -0.2) is 0 Å². The average Bonchev–Trinajstić information content (AvgIpc) is 3.93. The van der Waals surface area contributed by atoms with Gasteiger partial charge in [-0.3, -0.25) is 0 Å². The lowest BCUT2D eigenvalue weighted by Crippen LogP contribution is -1.97. The molecule has 0 saturated heterocycles. The largest absolute Gasteiger partial charge is 0.309 e. The number of nitrogens with zero attached hydrogens (tertiary/aromatic N) is 2. The van der Waals surface area contributed by atoms with E-state index in [-0.39, 0.29) is 0 Å². The molecule has 2 nitrogen and oxygen atoms in total. The van der Waals surface area contributed by atoms with Crippen molar-refractivity contribution in [2.24, 2.45) is 0 Å². The molecular weight excluding hydrogens is 869 g/mol. The molecule has 0 unspecified atom stereocenters. The Bertz CT molecular complexity index is 3210. The quantitative estimate of drug-likeness (QED) is 0.0903. The third-order valence-electron chi connectivity index (χ3n) is 11.1. The van der Waals surface area contributed by atoms with Gasteiger partial charge in [0.1, 0.15) is 0 Å². The Morgan fingerprint density at radius 1 is 0.431 bits per heavy atom. The summed E-state index contributed by atoms with van der Waals surface area (Å²) >= 11 is 0. The van der Waals surface area contributed by atoms with Crippen molar-refractivity contribution in [2.45, 2.75) is 69.2 Å². The van der Waals surface area contributed by atoms with Gasteiger partial charge in [-0.1, -0.05) is 216 Å². The molecule has 72 heavy (non-hydrogen) atoms. The third kappa shape index (κ3) is 15.4. The summed E-state index contributed by atoms with van der Waals surface area (Å²) in [4.78, 5) is 0. The average molecular weight is 947 g/mol. The van der Waals surface area contributed by atoms with Crippen LogP contribution in [0.2, 0.25) is 0 Å². The van der Waals surface area contributed by atoms with Gasteiger partial charge in [-0.2, -0.15) is 0 Å². The van der Waals surface area contributed by atoms with E-state index in [1.54, 1.807) is 12.2 Å². The topological polar surface area (TPSA) is 9.86 Å². The van der Waals surface area contributed by atoms with Gasteiger partial charge in [0.15, 0.2) is 0 Å². The highest BCUT2D eigenvalue weighted by Gasteiger charge is 2.17. The highest BCUT2D eigenvalue weighted by atomic mass is 15.0. The maximum Gasteiger partial charge on any atom is 0.0541 e. The molecule has 0 aliphatic rings. The van der Waals surface area contributed by atoms with Crippen LogP contribution in [0.15, 0.2) is 257 Å². The van der Waals surface area contributed by atoms with Crippen LogP contribution in [0.1, 0.15) is 80.5 Å². The molecule has 2 heterocycles. The molecule has 2 heteroatoms. The lowest BCUT2D eigenvalue weighted by atomic mass is 9.98. The van der Waals surface area contributed by atoms with E-state index in [0.29, 0.717) is 0 Å². The summed E-state index contributed by atoms with van der Waals surface area (Å²) in [6, 6.07) is 46.6. The van der Waals surface area contributed by atoms with Crippen LogP contribution in [0.3, 0.4) is 0 Å². The summed E-state index contributed by atoms with van der Waals surface area (Å²) in [7, 11) is 0. The van der Waals surface area contributed by atoms with E-state index in [1.165, 1.54) is 65.9 Å². The van der Waals surface area contributed by atoms with E-state index >= 15 is 0 Å². The van der Waals surface area contributed by atoms with Crippen LogP contribution in [0.4, 0.5) is 0 Å². The van der Waals surface area contributed by atoms with Crippen LogP contribution < -0.4 is 0 Å². The maximum absolute atomic E-state index is 4.18. The molecule has 0 bridgehead atoms. The second-order valence-electron chi connectivity index (χ2n) is 15.9. The minimum Gasteiger partial charge on any atom is -0.309 e. The van der Waals surface area contributed by atoms with Crippen LogP contribution in [-0.4, -0.2) is 9.13 Å². The molecule has 2 aromatic heterocycles. The van der Waals surface area contributed by atoms with Crippen molar-refractivity contribution in [3.63, 3.8) is 0 Å². The number of hydrogen-bond donors (Lipinski definition) is 0. The van der Waals surface area contributed by atoms with Crippen molar-refractivity contribution < 1.29 is 0 Å². The van der Waals surface area contributed by atoms with E-state index in [1.807, 2.05) is 141 Å². The van der Waals surface area contributed by atoms with Gasteiger partial charge in [0, 0.05) is 33.1 Å². The van der Waals surface area contributed by atoms with Crippen molar-refractivity contribution >= 4 is 61.3 Å². The summed E-state index contributed by atoms with van der Waals surface area (Å²) < 4.78 is 4.65. The first-order valence-corrected chi connectivity index (χ1v) is 25.1. The van der Waals surface area contributed by atoms with E-state index in [0.717, 1.165) is 22.5 Å². The Morgan fingerprint density at radius 2 is 0.958 bits per heavy atom. The lowest BCUT2D eigenvalue weighted by molar-refractivity contribution is 1.15. The molecule has 0 spiro atoms. The summed E-state index contributed by atoms with van der Waals surface area (Å²) in [5, 5.41) is 6.19. The molecular formula is C70H78N2.